The zero-order chi connectivity index (χ0) is 17.1. The molecule has 0 spiro atoms. The minimum absolute atomic E-state index is 0.212. The first-order chi connectivity index (χ1) is 11.0. The van der Waals surface area contributed by atoms with Crippen molar-refractivity contribution in [2.45, 2.75) is 33.2 Å². The topological polar surface area (TPSA) is 55.8 Å². The highest BCUT2D eigenvalue weighted by atomic mass is 127. The van der Waals surface area contributed by atoms with Gasteiger partial charge in [-0.05, 0) is 54.1 Å². The number of ether oxygens (including phenoxy) is 2. The van der Waals surface area contributed by atoms with E-state index in [1.54, 1.807) is 13.8 Å². The Kier molecular flexibility index (Phi) is 9.86. The largest absolute Gasteiger partial charge is 0.466 e. The third kappa shape index (κ3) is 8.90. The average Bonchev–Trinajstić information content (AvgIpc) is 2.52. The molecule has 0 saturated heterocycles. The molecule has 0 N–H and O–H groups in total. The van der Waals surface area contributed by atoms with E-state index in [1.165, 1.54) is 3.57 Å². The molecule has 0 bridgehead atoms. The van der Waals surface area contributed by atoms with Gasteiger partial charge in [0.15, 0.2) is 0 Å². The van der Waals surface area contributed by atoms with E-state index in [0.717, 1.165) is 5.56 Å². The van der Waals surface area contributed by atoms with Crippen LogP contribution in [0, 0.1) is 3.57 Å². The van der Waals surface area contributed by atoms with E-state index in [9.17, 15) is 9.59 Å². The second kappa shape index (κ2) is 11.4. The molecule has 0 unspecified atom stereocenters. The normalized spacial score (nSPS) is 10.6. The van der Waals surface area contributed by atoms with Gasteiger partial charge in [-0.15, -0.1) is 0 Å². The monoisotopic (exact) mass is 433 g/mol. The van der Waals surface area contributed by atoms with Crippen LogP contribution < -0.4 is 0 Å². The average molecular weight is 433 g/mol. The SMILES string of the molecule is CCOC(=O)CCN(CCC(=O)OCC)Cc1ccc(I)cc1. The predicted molar refractivity (Wildman–Crippen MR) is 96.9 cm³/mol. The molecule has 1 aromatic rings. The number of carbonyl (C=O) groups excluding carboxylic acids is 2. The van der Waals surface area contributed by atoms with Crippen molar-refractivity contribution in [2.24, 2.45) is 0 Å². The number of rotatable bonds is 10. The van der Waals surface area contributed by atoms with Crippen LogP contribution in [0.15, 0.2) is 24.3 Å². The molecule has 0 aromatic heterocycles. The van der Waals surface area contributed by atoms with Crippen LogP contribution in [-0.4, -0.2) is 43.1 Å². The molecule has 6 heteroatoms. The van der Waals surface area contributed by atoms with Gasteiger partial charge in [0.25, 0.3) is 0 Å². The fourth-order valence-electron chi connectivity index (χ4n) is 2.08. The molecule has 0 heterocycles. The minimum atomic E-state index is -0.212. The van der Waals surface area contributed by atoms with E-state index in [2.05, 4.69) is 39.6 Å². The number of halogens is 1. The first-order valence-corrected chi connectivity index (χ1v) is 8.91. The quantitative estimate of drug-likeness (QED) is 0.420. The summed E-state index contributed by atoms with van der Waals surface area (Å²) in [4.78, 5) is 25.2. The fraction of sp³-hybridized carbons (Fsp3) is 0.529. The van der Waals surface area contributed by atoms with Crippen molar-refractivity contribution < 1.29 is 19.1 Å². The summed E-state index contributed by atoms with van der Waals surface area (Å²) in [5.41, 5.74) is 1.15. The van der Waals surface area contributed by atoms with Crippen LogP contribution in [0.1, 0.15) is 32.3 Å². The molecule has 0 radical (unpaired) electrons. The van der Waals surface area contributed by atoms with Crippen LogP contribution in [0.2, 0.25) is 0 Å². The summed E-state index contributed by atoms with van der Waals surface area (Å²) in [7, 11) is 0. The lowest BCUT2D eigenvalue weighted by Gasteiger charge is -2.21. The molecule has 5 nitrogen and oxygen atoms in total. The summed E-state index contributed by atoms with van der Waals surface area (Å²) >= 11 is 2.26. The molecule has 1 rings (SSSR count). The van der Waals surface area contributed by atoms with E-state index >= 15 is 0 Å². The smallest absolute Gasteiger partial charge is 0.307 e. The number of hydrogen-bond acceptors (Lipinski definition) is 5. The van der Waals surface area contributed by atoms with E-state index in [0.29, 0.717) is 45.7 Å². The number of nitrogens with zero attached hydrogens (tertiary/aromatic N) is 1. The lowest BCUT2D eigenvalue weighted by Crippen LogP contribution is -2.29. The standard InChI is InChI=1S/C17H24INO4/c1-3-22-16(20)9-11-19(12-10-17(21)23-4-2)13-14-5-7-15(18)8-6-14/h5-8H,3-4,9-13H2,1-2H3. The van der Waals surface area contributed by atoms with Crippen molar-refractivity contribution in [1.82, 2.24) is 4.90 Å². The van der Waals surface area contributed by atoms with Crippen LogP contribution in [0.25, 0.3) is 0 Å². The first kappa shape index (κ1) is 19.9. The Balaban J connectivity index is 2.57. The number of benzene rings is 1. The Morgan fingerprint density at radius 2 is 1.43 bits per heavy atom. The second-order valence-electron chi connectivity index (χ2n) is 5.01. The number of esters is 2. The number of carbonyl (C=O) groups is 2. The van der Waals surface area contributed by atoms with Crippen molar-refractivity contribution in [1.29, 1.82) is 0 Å². The van der Waals surface area contributed by atoms with Gasteiger partial charge < -0.3 is 9.47 Å². The molecule has 0 atom stereocenters. The van der Waals surface area contributed by atoms with Gasteiger partial charge >= 0.3 is 11.9 Å². The Morgan fingerprint density at radius 3 is 1.87 bits per heavy atom. The Hall–Kier alpha value is -1.15. The van der Waals surface area contributed by atoms with Gasteiger partial charge in [0, 0.05) is 23.2 Å². The summed E-state index contributed by atoms with van der Waals surface area (Å²) in [5.74, 6) is -0.424. The predicted octanol–water partition coefficient (Wildman–Crippen LogP) is 3.00. The summed E-state index contributed by atoms with van der Waals surface area (Å²) in [6, 6.07) is 8.21. The molecule has 0 fully saturated rings. The highest BCUT2D eigenvalue weighted by Crippen LogP contribution is 2.10. The van der Waals surface area contributed by atoms with Crippen LogP contribution in [-0.2, 0) is 25.6 Å². The highest BCUT2D eigenvalue weighted by molar-refractivity contribution is 14.1. The second-order valence-corrected chi connectivity index (χ2v) is 6.26. The third-order valence-corrected chi connectivity index (χ3v) is 3.91. The van der Waals surface area contributed by atoms with Gasteiger partial charge in [0.05, 0.1) is 26.1 Å². The van der Waals surface area contributed by atoms with Crippen LogP contribution >= 0.6 is 22.6 Å². The van der Waals surface area contributed by atoms with E-state index in [4.69, 9.17) is 9.47 Å². The van der Waals surface area contributed by atoms with Gasteiger partial charge in [-0.3, -0.25) is 14.5 Å². The van der Waals surface area contributed by atoms with Crippen molar-refractivity contribution >= 4 is 34.5 Å². The zero-order valence-corrected chi connectivity index (χ0v) is 15.9. The van der Waals surface area contributed by atoms with Crippen LogP contribution in [0.5, 0.6) is 0 Å². The van der Waals surface area contributed by atoms with Gasteiger partial charge in [-0.1, -0.05) is 12.1 Å². The highest BCUT2D eigenvalue weighted by Gasteiger charge is 2.12. The van der Waals surface area contributed by atoms with E-state index < -0.39 is 0 Å². The maximum Gasteiger partial charge on any atom is 0.307 e. The van der Waals surface area contributed by atoms with Crippen molar-refractivity contribution in [2.75, 3.05) is 26.3 Å². The van der Waals surface area contributed by atoms with E-state index in [-0.39, 0.29) is 11.9 Å². The molecule has 128 valence electrons. The maximum absolute atomic E-state index is 11.5. The van der Waals surface area contributed by atoms with Crippen molar-refractivity contribution in [3.8, 4) is 0 Å². The Morgan fingerprint density at radius 1 is 0.957 bits per heavy atom. The van der Waals surface area contributed by atoms with Crippen molar-refractivity contribution in [3.05, 3.63) is 33.4 Å². The number of hydrogen-bond donors (Lipinski definition) is 0. The zero-order valence-electron chi connectivity index (χ0n) is 13.7. The molecule has 0 saturated carbocycles. The van der Waals surface area contributed by atoms with E-state index in [1.807, 2.05) is 12.1 Å². The minimum Gasteiger partial charge on any atom is -0.466 e. The summed E-state index contributed by atoms with van der Waals surface area (Å²) in [6.45, 7) is 6.17. The van der Waals surface area contributed by atoms with Gasteiger partial charge in [-0.2, -0.15) is 0 Å². The van der Waals surface area contributed by atoms with Gasteiger partial charge in [0.2, 0.25) is 0 Å². The van der Waals surface area contributed by atoms with Crippen LogP contribution in [0.3, 0.4) is 0 Å². The lowest BCUT2D eigenvalue weighted by atomic mass is 10.2. The summed E-state index contributed by atoms with van der Waals surface area (Å²) < 4.78 is 11.1. The van der Waals surface area contributed by atoms with Gasteiger partial charge in [-0.25, -0.2) is 0 Å². The fourth-order valence-corrected chi connectivity index (χ4v) is 2.44. The molecule has 23 heavy (non-hydrogen) atoms. The Labute approximate surface area is 151 Å². The molecular formula is C17H24INO4. The Bertz CT molecular complexity index is 468. The molecule has 0 amide bonds. The first-order valence-electron chi connectivity index (χ1n) is 7.83. The summed E-state index contributed by atoms with van der Waals surface area (Å²) in [5, 5.41) is 0. The molecule has 0 aliphatic heterocycles. The molecular weight excluding hydrogens is 409 g/mol. The molecule has 0 aliphatic rings. The molecule has 0 aliphatic carbocycles. The third-order valence-electron chi connectivity index (χ3n) is 3.19. The van der Waals surface area contributed by atoms with Crippen LogP contribution in [0.4, 0.5) is 0 Å². The maximum atomic E-state index is 11.5. The lowest BCUT2D eigenvalue weighted by molar-refractivity contribution is -0.143. The summed E-state index contributed by atoms with van der Waals surface area (Å²) in [6.07, 6.45) is 0.641. The molecule has 1 aromatic carbocycles. The van der Waals surface area contributed by atoms with Gasteiger partial charge in [0.1, 0.15) is 0 Å². The van der Waals surface area contributed by atoms with Crippen molar-refractivity contribution in [3.63, 3.8) is 0 Å².